The number of pyridine rings is 1. The van der Waals surface area contributed by atoms with Crippen LogP contribution in [0.4, 0.5) is 0 Å². The van der Waals surface area contributed by atoms with E-state index in [0.29, 0.717) is 6.54 Å². The summed E-state index contributed by atoms with van der Waals surface area (Å²) >= 11 is 0. The van der Waals surface area contributed by atoms with E-state index in [1.807, 2.05) is 6.07 Å². The Bertz CT molecular complexity index is 321. The molecule has 0 aromatic carbocycles. The Morgan fingerprint density at radius 3 is 2.93 bits per heavy atom. The minimum atomic E-state index is -0.0497. The summed E-state index contributed by atoms with van der Waals surface area (Å²) in [6, 6.07) is 3.54. The summed E-state index contributed by atoms with van der Waals surface area (Å²) in [7, 11) is 0. The molecule has 0 saturated carbocycles. The number of nitrogens with one attached hydrogen (secondary N) is 1. The first-order valence-electron chi connectivity index (χ1n) is 4.86. The van der Waals surface area contributed by atoms with Gasteiger partial charge in [-0.2, -0.15) is 0 Å². The van der Waals surface area contributed by atoms with Gasteiger partial charge in [0.1, 0.15) is 0 Å². The van der Waals surface area contributed by atoms with Crippen LogP contribution in [0.1, 0.15) is 12.5 Å². The maximum Gasteiger partial charge on any atom is 0.248 e. The summed E-state index contributed by atoms with van der Waals surface area (Å²) in [6.07, 6.45) is 1.67. The van der Waals surface area contributed by atoms with E-state index in [-0.39, 0.29) is 5.56 Å². The van der Waals surface area contributed by atoms with Crippen LogP contribution in [0.25, 0.3) is 0 Å². The third kappa shape index (κ3) is 3.32. The highest BCUT2D eigenvalue weighted by Gasteiger charge is 2.02. The first kappa shape index (κ1) is 10.9. The summed E-state index contributed by atoms with van der Waals surface area (Å²) in [4.78, 5) is 15.8. The molecule has 1 heterocycles. The average molecular weight is 195 g/mol. The lowest BCUT2D eigenvalue weighted by atomic mass is 10.2. The van der Waals surface area contributed by atoms with Crippen molar-refractivity contribution >= 4 is 0 Å². The fourth-order valence-corrected chi connectivity index (χ4v) is 1.38. The van der Waals surface area contributed by atoms with E-state index < -0.39 is 0 Å². The van der Waals surface area contributed by atoms with Gasteiger partial charge in [-0.25, -0.2) is 0 Å². The molecule has 78 valence electrons. The number of nitrogens with zero attached hydrogens (tertiary/aromatic N) is 1. The highest BCUT2D eigenvalue weighted by molar-refractivity contribution is 5.09. The van der Waals surface area contributed by atoms with Crippen molar-refractivity contribution in [1.82, 2.24) is 9.88 Å². The molecular formula is C10H17N3O. The molecule has 0 aliphatic carbocycles. The lowest BCUT2D eigenvalue weighted by Crippen LogP contribution is -2.29. The number of hydrogen-bond acceptors (Lipinski definition) is 3. The zero-order valence-electron chi connectivity index (χ0n) is 8.49. The molecule has 3 N–H and O–H groups in total. The monoisotopic (exact) mass is 195 g/mol. The lowest BCUT2D eigenvalue weighted by molar-refractivity contribution is 0.288. The molecule has 14 heavy (non-hydrogen) atoms. The van der Waals surface area contributed by atoms with Crippen molar-refractivity contribution in [3.8, 4) is 0 Å². The van der Waals surface area contributed by atoms with Crippen LogP contribution in [-0.4, -0.2) is 29.5 Å². The van der Waals surface area contributed by atoms with Crippen LogP contribution in [0, 0.1) is 0 Å². The summed E-state index contributed by atoms with van der Waals surface area (Å²) in [5.74, 6) is 0. The van der Waals surface area contributed by atoms with E-state index in [9.17, 15) is 4.79 Å². The number of aromatic nitrogens is 1. The van der Waals surface area contributed by atoms with Crippen LogP contribution in [0.2, 0.25) is 0 Å². The number of nitrogens with two attached hydrogens (primary N) is 1. The van der Waals surface area contributed by atoms with E-state index in [1.54, 1.807) is 12.3 Å². The summed E-state index contributed by atoms with van der Waals surface area (Å²) in [6.45, 7) is 5.34. The summed E-state index contributed by atoms with van der Waals surface area (Å²) in [5, 5.41) is 0. The second kappa shape index (κ2) is 5.57. The third-order valence-electron chi connectivity index (χ3n) is 2.14. The summed E-state index contributed by atoms with van der Waals surface area (Å²) in [5.41, 5.74) is 6.46. The Kier molecular flexibility index (Phi) is 4.35. The Morgan fingerprint density at radius 1 is 1.57 bits per heavy atom. The fraction of sp³-hybridized carbons (Fsp3) is 0.500. The normalized spacial score (nSPS) is 10.8. The predicted molar refractivity (Wildman–Crippen MR) is 57.1 cm³/mol. The molecule has 0 fully saturated rings. The Labute approximate surface area is 83.7 Å². The molecule has 0 bridgehead atoms. The van der Waals surface area contributed by atoms with Crippen LogP contribution < -0.4 is 11.3 Å². The zero-order valence-corrected chi connectivity index (χ0v) is 8.49. The molecule has 0 amide bonds. The van der Waals surface area contributed by atoms with Gasteiger partial charge in [-0.05, 0) is 18.2 Å². The van der Waals surface area contributed by atoms with Crippen molar-refractivity contribution in [2.45, 2.75) is 13.5 Å². The molecule has 1 rings (SSSR count). The predicted octanol–water partition coefficient (Wildman–Crippen LogP) is 0.155. The second-order valence-corrected chi connectivity index (χ2v) is 3.22. The topological polar surface area (TPSA) is 62.1 Å². The van der Waals surface area contributed by atoms with Gasteiger partial charge in [0.25, 0.3) is 0 Å². The van der Waals surface area contributed by atoms with Crippen molar-refractivity contribution in [3.05, 3.63) is 34.2 Å². The van der Waals surface area contributed by atoms with Gasteiger partial charge in [0.2, 0.25) is 5.56 Å². The Morgan fingerprint density at radius 2 is 2.36 bits per heavy atom. The molecular weight excluding hydrogens is 178 g/mol. The minimum absolute atomic E-state index is 0.0497. The van der Waals surface area contributed by atoms with Crippen molar-refractivity contribution in [2.24, 2.45) is 5.73 Å². The van der Waals surface area contributed by atoms with Crippen LogP contribution in [-0.2, 0) is 6.54 Å². The number of H-pyrrole nitrogens is 1. The van der Waals surface area contributed by atoms with Gasteiger partial charge in [-0.3, -0.25) is 9.69 Å². The number of aromatic amines is 1. The largest absolute Gasteiger partial charge is 0.329 e. The molecule has 0 atom stereocenters. The number of rotatable bonds is 5. The molecule has 0 spiro atoms. The van der Waals surface area contributed by atoms with Crippen molar-refractivity contribution in [1.29, 1.82) is 0 Å². The van der Waals surface area contributed by atoms with Gasteiger partial charge in [0.05, 0.1) is 0 Å². The van der Waals surface area contributed by atoms with E-state index in [2.05, 4.69) is 16.8 Å². The van der Waals surface area contributed by atoms with E-state index in [1.165, 1.54) is 0 Å². The van der Waals surface area contributed by atoms with Gasteiger partial charge >= 0.3 is 0 Å². The van der Waals surface area contributed by atoms with Crippen LogP contribution in [0.3, 0.4) is 0 Å². The maximum absolute atomic E-state index is 11.0. The van der Waals surface area contributed by atoms with Gasteiger partial charge in [0, 0.05) is 31.9 Å². The molecule has 0 aliphatic rings. The highest BCUT2D eigenvalue weighted by Crippen LogP contribution is 1.99. The van der Waals surface area contributed by atoms with Crippen molar-refractivity contribution < 1.29 is 0 Å². The molecule has 0 unspecified atom stereocenters. The van der Waals surface area contributed by atoms with Gasteiger partial charge in [-0.15, -0.1) is 0 Å². The van der Waals surface area contributed by atoms with Crippen LogP contribution in [0.15, 0.2) is 23.1 Å². The molecule has 0 saturated heterocycles. The van der Waals surface area contributed by atoms with Gasteiger partial charge < -0.3 is 10.7 Å². The molecule has 0 radical (unpaired) electrons. The SMILES string of the molecule is CCN(CCN)Cc1cc[nH]c(=O)c1. The minimum Gasteiger partial charge on any atom is -0.329 e. The molecule has 1 aromatic heterocycles. The van der Waals surface area contributed by atoms with E-state index >= 15 is 0 Å². The average Bonchev–Trinajstić information content (AvgIpc) is 2.17. The quantitative estimate of drug-likeness (QED) is 0.703. The Balaban J connectivity index is 2.62. The first-order valence-corrected chi connectivity index (χ1v) is 4.86. The molecule has 0 aliphatic heterocycles. The second-order valence-electron chi connectivity index (χ2n) is 3.22. The van der Waals surface area contributed by atoms with Gasteiger partial charge in [-0.1, -0.05) is 6.92 Å². The number of hydrogen-bond donors (Lipinski definition) is 2. The van der Waals surface area contributed by atoms with Crippen molar-refractivity contribution in [3.63, 3.8) is 0 Å². The third-order valence-corrected chi connectivity index (χ3v) is 2.14. The van der Waals surface area contributed by atoms with Crippen molar-refractivity contribution in [2.75, 3.05) is 19.6 Å². The standard InChI is InChI=1S/C10H17N3O/c1-2-13(6-4-11)8-9-3-5-12-10(14)7-9/h3,5,7H,2,4,6,8,11H2,1H3,(H,12,14). The Hall–Kier alpha value is -1.13. The lowest BCUT2D eigenvalue weighted by Gasteiger charge is -2.18. The van der Waals surface area contributed by atoms with Crippen LogP contribution >= 0.6 is 0 Å². The number of likely N-dealkylation sites (N-methyl/N-ethyl adjacent to an activating group) is 1. The fourth-order valence-electron chi connectivity index (χ4n) is 1.38. The van der Waals surface area contributed by atoms with E-state index in [4.69, 9.17) is 5.73 Å². The summed E-state index contributed by atoms with van der Waals surface area (Å²) < 4.78 is 0. The first-order chi connectivity index (χ1) is 6.76. The zero-order chi connectivity index (χ0) is 10.4. The maximum atomic E-state index is 11.0. The van der Waals surface area contributed by atoms with E-state index in [0.717, 1.165) is 25.2 Å². The van der Waals surface area contributed by atoms with Crippen LogP contribution in [0.5, 0.6) is 0 Å². The molecule has 4 nitrogen and oxygen atoms in total. The van der Waals surface area contributed by atoms with Gasteiger partial charge in [0.15, 0.2) is 0 Å². The highest BCUT2D eigenvalue weighted by atomic mass is 16.1. The smallest absolute Gasteiger partial charge is 0.248 e. The molecule has 4 heteroatoms. The molecule has 1 aromatic rings.